The lowest BCUT2D eigenvalue weighted by Crippen LogP contribution is -2.00. The zero-order valence-corrected chi connectivity index (χ0v) is 11.9. The fraction of sp³-hybridized carbons (Fsp3) is 0.417. The Kier molecular flexibility index (Phi) is 3.84. The SMILES string of the molecule is CC(C)c1nn(C)cc1Nc1nc(CC(=O)O)cs1. The summed E-state index contributed by atoms with van der Waals surface area (Å²) in [6.07, 6.45) is 1.84. The van der Waals surface area contributed by atoms with Gasteiger partial charge in [-0.3, -0.25) is 9.48 Å². The largest absolute Gasteiger partial charge is 0.481 e. The number of aryl methyl sites for hydroxylation is 1. The van der Waals surface area contributed by atoms with Crippen molar-refractivity contribution in [2.45, 2.75) is 26.2 Å². The topological polar surface area (TPSA) is 80.0 Å². The summed E-state index contributed by atoms with van der Waals surface area (Å²) in [5.74, 6) is -0.566. The number of carboxylic acids is 1. The summed E-state index contributed by atoms with van der Waals surface area (Å²) in [6.45, 7) is 4.15. The van der Waals surface area contributed by atoms with Gasteiger partial charge in [0.15, 0.2) is 5.13 Å². The van der Waals surface area contributed by atoms with Crippen molar-refractivity contribution in [3.05, 3.63) is 23.0 Å². The van der Waals surface area contributed by atoms with Crippen molar-refractivity contribution in [2.24, 2.45) is 7.05 Å². The maximum absolute atomic E-state index is 10.6. The number of thiazole rings is 1. The number of carbonyl (C=O) groups is 1. The predicted octanol–water partition coefficient (Wildman–Crippen LogP) is 2.37. The van der Waals surface area contributed by atoms with Crippen molar-refractivity contribution in [2.75, 3.05) is 5.32 Å². The van der Waals surface area contributed by atoms with E-state index in [0.29, 0.717) is 16.7 Å². The van der Waals surface area contributed by atoms with Crippen molar-refractivity contribution >= 4 is 28.1 Å². The predicted molar refractivity (Wildman–Crippen MR) is 74.0 cm³/mol. The van der Waals surface area contributed by atoms with Crippen LogP contribution >= 0.6 is 11.3 Å². The van der Waals surface area contributed by atoms with Crippen LogP contribution < -0.4 is 5.32 Å². The second-order valence-corrected chi connectivity index (χ2v) is 5.45. The van der Waals surface area contributed by atoms with Gasteiger partial charge in [-0.1, -0.05) is 13.8 Å². The Morgan fingerprint density at radius 1 is 1.58 bits per heavy atom. The molecule has 0 amide bonds. The number of nitrogens with one attached hydrogen (secondary N) is 1. The Morgan fingerprint density at radius 3 is 2.95 bits per heavy atom. The summed E-state index contributed by atoms with van der Waals surface area (Å²) in [6, 6.07) is 0. The van der Waals surface area contributed by atoms with Crippen molar-refractivity contribution in [1.82, 2.24) is 14.8 Å². The normalized spacial score (nSPS) is 10.9. The third-order valence-electron chi connectivity index (χ3n) is 2.53. The Hall–Kier alpha value is -1.89. The summed E-state index contributed by atoms with van der Waals surface area (Å²) in [5.41, 5.74) is 2.45. The third kappa shape index (κ3) is 3.31. The second kappa shape index (κ2) is 5.40. The van der Waals surface area contributed by atoms with Gasteiger partial charge in [0.25, 0.3) is 0 Å². The van der Waals surface area contributed by atoms with E-state index in [1.807, 2.05) is 13.2 Å². The third-order valence-corrected chi connectivity index (χ3v) is 3.34. The van der Waals surface area contributed by atoms with E-state index >= 15 is 0 Å². The molecule has 2 aromatic rings. The molecule has 7 heteroatoms. The van der Waals surface area contributed by atoms with Gasteiger partial charge in [0.1, 0.15) is 0 Å². The van der Waals surface area contributed by atoms with Gasteiger partial charge >= 0.3 is 5.97 Å². The first-order valence-corrected chi connectivity index (χ1v) is 6.80. The molecule has 0 saturated carbocycles. The molecule has 0 radical (unpaired) electrons. The average molecular weight is 280 g/mol. The Morgan fingerprint density at radius 2 is 2.32 bits per heavy atom. The molecule has 0 aromatic carbocycles. The number of aliphatic carboxylic acids is 1. The van der Waals surface area contributed by atoms with E-state index in [0.717, 1.165) is 11.4 Å². The average Bonchev–Trinajstić information content (AvgIpc) is 2.85. The fourth-order valence-electron chi connectivity index (χ4n) is 1.74. The minimum atomic E-state index is -0.874. The highest BCUT2D eigenvalue weighted by Gasteiger charge is 2.13. The molecule has 0 atom stereocenters. The fourth-order valence-corrected chi connectivity index (χ4v) is 2.47. The van der Waals surface area contributed by atoms with Crippen LogP contribution in [0.5, 0.6) is 0 Å². The van der Waals surface area contributed by atoms with E-state index in [1.54, 1.807) is 10.1 Å². The molecular formula is C12H16N4O2S. The maximum Gasteiger partial charge on any atom is 0.309 e. The van der Waals surface area contributed by atoms with Crippen LogP contribution in [0.2, 0.25) is 0 Å². The molecule has 0 bridgehead atoms. The van der Waals surface area contributed by atoms with Crippen LogP contribution in [0.15, 0.2) is 11.6 Å². The monoisotopic (exact) mass is 280 g/mol. The molecular weight excluding hydrogens is 264 g/mol. The molecule has 0 aliphatic carbocycles. The van der Waals surface area contributed by atoms with Gasteiger partial charge in [0.2, 0.25) is 0 Å². The molecule has 0 unspecified atom stereocenters. The van der Waals surface area contributed by atoms with E-state index in [1.165, 1.54) is 11.3 Å². The standard InChI is InChI=1S/C12H16N4O2S/c1-7(2)11-9(5-16(3)15-11)14-12-13-8(6-19-12)4-10(17)18/h5-7H,4H2,1-3H3,(H,13,14)(H,17,18). The number of hydrogen-bond acceptors (Lipinski definition) is 5. The van der Waals surface area contributed by atoms with Crippen molar-refractivity contribution in [1.29, 1.82) is 0 Å². The summed E-state index contributed by atoms with van der Waals surface area (Å²) in [4.78, 5) is 14.9. The van der Waals surface area contributed by atoms with Crippen molar-refractivity contribution in [3.63, 3.8) is 0 Å². The zero-order valence-electron chi connectivity index (χ0n) is 11.0. The summed E-state index contributed by atoms with van der Waals surface area (Å²) >= 11 is 1.39. The van der Waals surface area contributed by atoms with Crippen LogP contribution in [0.3, 0.4) is 0 Å². The lowest BCUT2D eigenvalue weighted by molar-refractivity contribution is -0.136. The first-order valence-electron chi connectivity index (χ1n) is 5.92. The van der Waals surface area contributed by atoms with E-state index in [9.17, 15) is 4.79 Å². The molecule has 0 saturated heterocycles. The number of rotatable bonds is 5. The summed E-state index contributed by atoms with van der Waals surface area (Å²) < 4.78 is 1.75. The van der Waals surface area contributed by atoms with E-state index in [4.69, 9.17) is 5.11 Å². The summed E-state index contributed by atoms with van der Waals surface area (Å²) in [5, 5.41) is 18.8. The maximum atomic E-state index is 10.6. The van der Waals surface area contributed by atoms with Crippen LogP contribution in [-0.2, 0) is 18.3 Å². The highest BCUT2D eigenvalue weighted by Crippen LogP contribution is 2.27. The first kappa shape index (κ1) is 13.5. The molecule has 19 heavy (non-hydrogen) atoms. The van der Waals surface area contributed by atoms with Crippen LogP contribution in [-0.4, -0.2) is 25.8 Å². The number of nitrogens with zero attached hydrogens (tertiary/aromatic N) is 3. The molecule has 2 aromatic heterocycles. The molecule has 102 valence electrons. The van der Waals surface area contributed by atoms with Crippen LogP contribution in [0.4, 0.5) is 10.8 Å². The number of carboxylic acid groups (broad SMARTS) is 1. The van der Waals surface area contributed by atoms with Gasteiger partial charge in [0.05, 0.1) is 23.5 Å². The van der Waals surface area contributed by atoms with Gasteiger partial charge in [-0.2, -0.15) is 5.10 Å². The number of anilines is 2. The molecule has 0 aliphatic rings. The number of hydrogen-bond donors (Lipinski definition) is 2. The highest BCUT2D eigenvalue weighted by atomic mass is 32.1. The molecule has 2 N–H and O–H groups in total. The van der Waals surface area contributed by atoms with Gasteiger partial charge in [-0.05, 0) is 5.92 Å². The van der Waals surface area contributed by atoms with E-state index in [-0.39, 0.29) is 6.42 Å². The highest BCUT2D eigenvalue weighted by molar-refractivity contribution is 7.13. The molecule has 0 spiro atoms. The summed E-state index contributed by atoms with van der Waals surface area (Å²) in [7, 11) is 1.87. The van der Waals surface area contributed by atoms with Crippen LogP contribution in [0.25, 0.3) is 0 Å². The molecule has 2 rings (SSSR count). The molecule has 6 nitrogen and oxygen atoms in total. The van der Waals surface area contributed by atoms with Gasteiger partial charge < -0.3 is 10.4 Å². The lowest BCUT2D eigenvalue weighted by atomic mass is 10.1. The Bertz CT molecular complexity index is 588. The van der Waals surface area contributed by atoms with Gasteiger partial charge in [-0.25, -0.2) is 4.98 Å². The van der Waals surface area contributed by atoms with Crippen molar-refractivity contribution < 1.29 is 9.90 Å². The molecule has 0 fully saturated rings. The lowest BCUT2D eigenvalue weighted by Gasteiger charge is -2.05. The number of aromatic nitrogens is 3. The van der Waals surface area contributed by atoms with Gasteiger partial charge in [0, 0.05) is 18.6 Å². The zero-order chi connectivity index (χ0) is 14.0. The van der Waals surface area contributed by atoms with E-state index in [2.05, 4.69) is 29.2 Å². The van der Waals surface area contributed by atoms with Gasteiger partial charge in [-0.15, -0.1) is 11.3 Å². The smallest absolute Gasteiger partial charge is 0.309 e. The minimum Gasteiger partial charge on any atom is -0.481 e. The van der Waals surface area contributed by atoms with Crippen molar-refractivity contribution in [3.8, 4) is 0 Å². The van der Waals surface area contributed by atoms with Crippen LogP contribution in [0.1, 0.15) is 31.2 Å². The van der Waals surface area contributed by atoms with E-state index < -0.39 is 5.97 Å². The van der Waals surface area contributed by atoms with Crippen LogP contribution in [0, 0.1) is 0 Å². The quantitative estimate of drug-likeness (QED) is 0.879. The molecule has 0 aliphatic heterocycles. The Balaban J connectivity index is 2.17. The first-order chi connectivity index (χ1) is 8.95. The minimum absolute atomic E-state index is 0.0533. The Labute approximate surface area is 115 Å². The molecule has 2 heterocycles. The second-order valence-electron chi connectivity index (χ2n) is 4.60.